The number of carbonyl (C=O) groups is 1. The quantitative estimate of drug-likeness (QED) is 0.0261. The molecule has 0 aromatic rings. The Kier molecular flexibility index (Phi) is 58.4. The molecule has 0 bridgehead atoms. The molecule has 82 heavy (non-hydrogen) atoms. The molecule has 478 valence electrons. The lowest BCUT2D eigenvalue weighted by molar-refractivity contribution is -0.302. The smallest absolute Gasteiger partial charge is 0.220 e. The molecular weight excluding hydrogens is 1020 g/mol. The molecule has 9 heteroatoms. The van der Waals surface area contributed by atoms with Crippen LogP contribution in [0.2, 0.25) is 0 Å². The summed E-state index contributed by atoms with van der Waals surface area (Å²) >= 11 is 0. The number of carbonyl (C=O) groups excluding carboxylic acids is 1. The molecule has 0 aliphatic carbocycles. The Morgan fingerprint density at radius 3 is 1.12 bits per heavy atom. The van der Waals surface area contributed by atoms with E-state index >= 15 is 0 Å². The second kappa shape index (κ2) is 61.7. The molecule has 1 rings (SSSR count). The standard InChI is InChI=1S/C73H133NO8/c1-3-5-7-9-11-13-15-17-19-21-23-25-27-28-29-30-31-32-33-34-35-36-37-38-39-40-41-43-45-47-49-51-53-55-57-59-61-63-69(77)74-66(65-81-73-72(80)71(79)70(78)68(64-75)82-73)67(76)62-60-58-56-54-52-50-48-46-44-42-26-24-22-20-18-16-14-12-10-8-6-4-2/h5,7,11,13,17,19,23,25,28-29,60,62,66-68,70-73,75-76,78-80H,3-4,6,8-10,12,14-16,18,20-22,24,26-27,30-59,61,63-65H2,1-2H3,(H,74,77)/b7-5-,13-11-,19-17-,25-23-,29-28-,62-60+. The van der Waals surface area contributed by atoms with Gasteiger partial charge in [-0.15, -0.1) is 0 Å². The molecular formula is C73H133NO8. The van der Waals surface area contributed by atoms with Crippen LogP contribution in [0, 0.1) is 0 Å². The molecule has 1 amide bonds. The van der Waals surface area contributed by atoms with Crippen molar-refractivity contribution < 1.29 is 39.8 Å². The third kappa shape index (κ3) is 49.8. The lowest BCUT2D eigenvalue weighted by Gasteiger charge is -2.40. The van der Waals surface area contributed by atoms with Crippen molar-refractivity contribution in [3.63, 3.8) is 0 Å². The number of hydrogen-bond donors (Lipinski definition) is 6. The number of aliphatic hydroxyl groups excluding tert-OH is 5. The molecule has 0 radical (unpaired) electrons. The first kappa shape index (κ1) is 77.6. The second-order valence-corrected chi connectivity index (χ2v) is 24.3. The lowest BCUT2D eigenvalue weighted by Crippen LogP contribution is -2.60. The van der Waals surface area contributed by atoms with Crippen molar-refractivity contribution in [1.82, 2.24) is 5.32 Å². The molecule has 0 aromatic carbocycles. The maximum atomic E-state index is 13.1. The number of allylic oxidation sites excluding steroid dienone is 11. The molecule has 7 atom stereocenters. The highest BCUT2D eigenvalue weighted by Gasteiger charge is 2.44. The molecule has 9 nitrogen and oxygen atoms in total. The monoisotopic (exact) mass is 1150 g/mol. The maximum absolute atomic E-state index is 13.1. The summed E-state index contributed by atoms with van der Waals surface area (Å²) in [5.74, 6) is -0.172. The Balaban J connectivity index is 2.09. The van der Waals surface area contributed by atoms with Gasteiger partial charge in [-0.3, -0.25) is 4.79 Å². The van der Waals surface area contributed by atoms with Gasteiger partial charge >= 0.3 is 0 Å². The molecule has 1 aliphatic rings. The van der Waals surface area contributed by atoms with Crippen LogP contribution in [0.1, 0.15) is 328 Å². The largest absolute Gasteiger partial charge is 0.394 e. The van der Waals surface area contributed by atoms with E-state index < -0.39 is 49.5 Å². The van der Waals surface area contributed by atoms with E-state index in [0.29, 0.717) is 6.42 Å². The predicted octanol–water partition coefficient (Wildman–Crippen LogP) is 19.1. The van der Waals surface area contributed by atoms with Gasteiger partial charge in [0.2, 0.25) is 5.91 Å². The van der Waals surface area contributed by atoms with Crippen molar-refractivity contribution in [3.8, 4) is 0 Å². The van der Waals surface area contributed by atoms with Crippen molar-refractivity contribution in [2.45, 2.75) is 371 Å². The van der Waals surface area contributed by atoms with E-state index in [1.54, 1.807) is 6.08 Å². The molecule has 1 saturated heterocycles. The number of rotatable bonds is 61. The van der Waals surface area contributed by atoms with E-state index in [9.17, 15) is 30.3 Å². The fourth-order valence-electron chi connectivity index (χ4n) is 11.1. The van der Waals surface area contributed by atoms with Gasteiger partial charge in [-0.1, -0.05) is 331 Å². The molecule has 1 aliphatic heterocycles. The summed E-state index contributed by atoms with van der Waals surface area (Å²) in [5.41, 5.74) is 0. The van der Waals surface area contributed by atoms with Gasteiger partial charge in [0.1, 0.15) is 24.4 Å². The lowest BCUT2D eigenvalue weighted by atomic mass is 9.99. The molecule has 0 aromatic heterocycles. The molecule has 1 heterocycles. The fourth-order valence-corrected chi connectivity index (χ4v) is 11.1. The molecule has 0 spiro atoms. The number of unbranched alkanes of at least 4 members (excludes halogenated alkanes) is 41. The van der Waals surface area contributed by atoms with Gasteiger partial charge in [0.25, 0.3) is 0 Å². The van der Waals surface area contributed by atoms with E-state index in [1.165, 1.54) is 238 Å². The zero-order valence-corrected chi connectivity index (χ0v) is 53.5. The van der Waals surface area contributed by atoms with Gasteiger partial charge in [-0.25, -0.2) is 0 Å². The normalized spacial score (nSPS) is 18.7. The predicted molar refractivity (Wildman–Crippen MR) is 350 cm³/mol. The Hall–Kier alpha value is -2.37. The first-order valence-electron chi connectivity index (χ1n) is 35.2. The number of nitrogens with one attached hydrogen (secondary N) is 1. The third-order valence-corrected chi connectivity index (χ3v) is 16.5. The summed E-state index contributed by atoms with van der Waals surface area (Å²) in [6.45, 7) is 3.71. The maximum Gasteiger partial charge on any atom is 0.220 e. The number of ether oxygens (including phenoxy) is 2. The van der Waals surface area contributed by atoms with Gasteiger partial charge in [0.15, 0.2) is 6.29 Å². The van der Waals surface area contributed by atoms with Crippen LogP contribution in [0.25, 0.3) is 0 Å². The van der Waals surface area contributed by atoms with E-state index in [0.717, 1.165) is 70.6 Å². The highest BCUT2D eigenvalue weighted by atomic mass is 16.7. The van der Waals surface area contributed by atoms with Gasteiger partial charge in [-0.05, 0) is 64.2 Å². The summed E-state index contributed by atoms with van der Waals surface area (Å²) in [7, 11) is 0. The van der Waals surface area contributed by atoms with Gasteiger partial charge in [0, 0.05) is 6.42 Å². The van der Waals surface area contributed by atoms with Gasteiger partial charge < -0.3 is 40.3 Å². The minimum Gasteiger partial charge on any atom is -0.394 e. The highest BCUT2D eigenvalue weighted by molar-refractivity contribution is 5.76. The minimum atomic E-state index is -1.57. The summed E-state index contributed by atoms with van der Waals surface area (Å²) < 4.78 is 11.3. The molecule has 0 saturated carbocycles. The minimum absolute atomic E-state index is 0.172. The summed E-state index contributed by atoms with van der Waals surface area (Å²) in [4.78, 5) is 13.1. The average molecular weight is 1150 g/mol. The highest BCUT2D eigenvalue weighted by Crippen LogP contribution is 2.23. The van der Waals surface area contributed by atoms with E-state index in [-0.39, 0.29) is 12.5 Å². The third-order valence-electron chi connectivity index (χ3n) is 16.5. The van der Waals surface area contributed by atoms with Crippen molar-refractivity contribution in [3.05, 3.63) is 72.9 Å². The molecule has 6 N–H and O–H groups in total. The van der Waals surface area contributed by atoms with Crippen LogP contribution in [0.4, 0.5) is 0 Å². The van der Waals surface area contributed by atoms with Crippen molar-refractivity contribution in [1.29, 1.82) is 0 Å². The number of aliphatic hydroxyl groups is 5. The van der Waals surface area contributed by atoms with Crippen molar-refractivity contribution in [2.75, 3.05) is 13.2 Å². The zero-order valence-electron chi connectivity index (χ0n) is 53.5. The fraction of sp³-hybridized carbons (Fsp3) is 0.822. The summed E-state index contributed by atoms with van der Waals surface area (Å²) in [6.07, 6.45) is 80.1. The first-order chi connectivity index (χ1) is 40.3. The van der Waals surface area contributed by atoms with Crippen LogP contribution < -0.4 is 5.32 Å². The second-order valence-electron chi connectivity index (χ2n) is 24.3. The topological polar surface area (TPSA) is 149 Å². The van der Waals surface area contributed by atoms with E-state index in [4.69, 9.17) is 9.47 Å². The zero-order chi connectivity index (χ0) is 59.3. The van der Waals surface area contributed by atoms with Crippen LogP contribution in [0.15, 0.2) is 72.9 Å². The summed E-state index contributed by atoms with van der Waals surface area (Å²) in [5, 5.41) is 54.8. The first-order valence-corrected chi connectivity index (χ1v) is 35.2. The van der Waals surface area contributed by atoms with Gasteiger partial charge in [0.05, 0.1) is 25.4 Å². The van der Waals surface area contributed by atoms with Gasteiger partial charge in [-0.2, -0.15) is 0 Å². The van der Waals surface area contributed by atoms with E-state index in [2.05, 4.69) is 79.9 Å². The number of amides is 1. The van der Waals surface area contributed by atoms with Crippen LogP contribution in [0.5, 0.6) is 0 Å². The molecule has 1 fully saturated rings. The summed E-state index contributed by atoms with van der Waals surface area (Å²) in [6, 6.07) is -0.807. The average Bonchev–Trinajstić information content (AvgIpc) is 3.59. The van der Waals surface area contributed by atoms with Crippen molar-refractivity contribution >= 4 is 5.91 Å². The number of hydrogen-bond acceptors (Lipinski definition) is 8. The Morgan fingerprint density at radius 1 is 0.427 bits per heavy atom. The van der Waals surface area contributed by atoms with Crippen LogP contribution >= 0.6 is 0 Å². The SMILES string of the molecule is CC/C=C\C/C=C\C/C=C\C/C=C\C/C=C\CCCCCCCCCCCCCCCCCCCCCCCC(=O)NC(COC1OC(CO)C(O)C(O)C1O)C(O)/C=C/CCCCCCCCCCCCCCCCCCCCCC. The molecule has 7 unspecified atom stereocenters. The Morgan fingerprint density at radius 2 is 0.756 bits per heavy atom. The van der Waals surface area contributed by atoms with Crippen molar-refractivity contribution in [2.24, 2.45) is 0 Å². The van der Waals surface area contributed by atoms with Crippen LogP contribution in [-0.2, 0) is 14.3 Å². The van der Waals surface area contributed by atoms with Crippen LogP contribution in [-0.4, -0.2) is 87.5 Å². The van der Waals surface area contributed by atoms with Crippen LogP contribution in [0.3, 0.4) is 0 Å². The Bertz CT molecular complexity index is 1520. The Labute approximate surface area is 506 Å². The van der Waals surface area contributed by atoms with E-state index in [1.807, 2.05) is 6.08 Å².